The topological polar surface area (TPSA) is 49.4 Å². The minimum Gasteiger partial charge on any atom is -0.343 e. The third kappa shape index (κ3) is 2.66. The molecule has 2 atom stereocenters. The summed E-state index contributed by atoms with van der Waals surface area (Å²) in [6.07, 6.45) is 0.553. The van der Waals surface area contributed by atoms with Crippen molar-refractivity contribution >= 4 is 34.4 Å². The first kappa shape index (κ1) is 13.3. The van der Waals surface area contributed by atoms with Crippen molar-refractivity contribution in [2.24, 2.45) is 0 Å². The molecule has 18 heavy (non-hydrogen) atoms. The summed E-state index contributed by atoms with van der Waals surface area (Å²) in [5, 5.41) is 2.71. The molecule has 1 saturated heterocycles. The van der Waals surface area contributed by atoms with E-state index in [0.29, 0.717) is 6.42 Å². The number of amides is 2. The third-order valence-corrected chi connectivity index (χ3v) is 3.91. The second-order valence-electron chi connectivity index (χ2n) is 4.53. The van der Waals surface area contributed by atoms with Crippen LogP contribution in [0.5, 0.6) is 0 Å². The number of halogens is 1. The van der Waals surface area contributed by atoms with Gasteiger partial charge in [-0.2, -0.15) is 0 Å². The van der Waals surface area contributed by atoms with E-state index in [1.807, 2.05) is 24.3 Å². The summed E-state index contributed by atoms with van der Waals surface area (Å²) >= 11 is 2.24. The molecule has 1 heterocycles. The number of nitrogens with zero attached hydrogens (tertiary/aromatic N) is 1. The minimum atomic E-state index is -0.421. The van der Waals surface area contributed by atoms with Crippen molar-refractivity contribution < 1.29 is 9.59 Å². The Balaban J connectivity index is 2.15. The number of hydrogen-bond acceptors (Lipinski definition) is 2. The molecule has 1 aliphatic rings. The summed E-state index contributed by atoms with van der Waals surface area (Å²) in [6.45, 7) is 1.71. The van der Waals surface area contributed by atoms with E-state index in [4.69, 9.17) is 0 Å². The van der Waals surface area contributed by atoms with E-state index in [-0.39, 0.29) is 11.8 Å². The first-order chi connectivity index (χ1) is 8.49. The van der Waals surface area contributed by atoms with Crippen LogP contribution in [0.3, 0.4) is 0 Å². The Hall–Kier alpha value is -1.11. The first-order valence-corrected chi connectivity index (χ1v) is 6.88. The summed E-state index contributed by atoms with van der Waals surface area (Å²) in [4.78, 5) is 25.3. The number of nitrogens with one attached hydrogen (secondary N) is 1. The van der Waals surface area contributed by atoms with Gasteiger partial charge in [-0.3, -0.25) is 9.59 Å². The molecule has 0 aliphatic carbocycles. The van der Waals surface area contributed by atoms with E-state index in [9.17, 15) is 9.59 Å². The van der Waals surface area contributed by atoms with Crippen LogP contribution in [0.2, 0.25) is 0 Å². The Morgan fingerprint density at radius 2 is 1.89 bits per heavy atom. The quantitative estimate of drug-likeness (QED) is 0.808. The Bertz CT molecular complexity index is 472. The normalized spacial score (nSPS) is 24.1. The molecule has 5 heteroatoms. The van der Waals surface area contributed by atoms with Gasteiger partial charge in [0.15, 0.2) is 0 Å². The number of likely N-dealkylation sites (N-methyl/N-ethyl adjacent to an activating group) is 1. The Labute approximate surface area is 120 Å². The van der Waals surface area contributed by atoms with E-state index in [1.165, 1.54) is 0 Å². The van der Waals surface area contributed by atoms with Gasteiger partial charge in [0.05, 0.1) is 0 Å². The van der Waals surface area contributed by atoms with Crippen molar-refractivity contribution in [1.82, 2.24) is 10.2 Å². The Kier molecular flexibility index (Phi) is 3.89. The lowest BCUT2D eigenvalue weighted by Crippen LogP contribution is -2.61. The lowest BCUT2D eigenvalue weighted by atomic mass is 10.0. The van der Waals surface area contributed by atoms with Crippen molar-refractivity contribution in [3.63, 3.8) is 0 Å². The molecule has 0 saturated carbocycles. The van der Waals surface area contributed by atoms with E-state index in [1.54, 1.807) is 18.9 Å². The number of carbonyl (C=O) groups excluding carboxylic acids is 2. The van der Waals surface area contributed by atoms with Crippen molar-refractivity contribution in [3.05, 3.63) is 33.4 Å². The summed E-state index contributed by atoms with van der Waals surface area (Å²) < 4.78 is 1.16. The number of carbonyl (C=O) groups is 2. The smallest absolute Gasteiger partial charge is 0.245 e. The number of hydrogen-bond donors (Lipinski definition) is 1. The molecule has 0 bridgehead atoms. The van der Waals surface area contributed by atoms with E-state index in [2.05, 4.69) is 27.9 Å². The fourth-order valence-electron chi connectivity index (χ4n) is 2.08. The summed E-state index contributed by atoms with van der Waals surface area (Å²) in [5.41, 5.74) is 1.06. The average Bonchev–Trinajstić information content (AvgIpc) is 2.34. The molecule has 0 aromatic heterocycles. The van der Waals surface area contributed by atoms with Gasteiger partial charge in [-0.05, 0) is 47.2 Å². The minimum absolute atomic E-state index is 0.0369. The molecule has 1 fully saturated rings. The van der Waals surface area contributed by atoms with E-state index >= 15 is 0 Å². The highest BCUT2D eigenvalue weighted by Gasteiger charge is 2.35. The van der Waals surface area contributed by atoms with Crippen LogP contribution in [0, 0.1) is 3.57 Å². The molecule has 0 radical (unpaired) electrons. The van der Waals surface area contributed by atoms with Gasteiger partial charge in [-0.1, -0.05) is 12.1 Å². The fourth-order valence-corrected chi connectivity index (χ4v) is 2.44. The Morgan fingerprint density at radius 3 is 2.50 bits per heavy atom. The number of rotatable bonds is 2. The van der Waals surface area contributed by atoms with Crippen molar-refractivity contribution in [3.8, 4) is 0 Å². The van der Waals surface area contributed by atoms with Gasteiger partial charge < -0.3 is 10.2 Å². The van der Waals surface area contributed by atoms with Crippen molar-refractivity contribution in [2.45, 2.75) is 25.4 Å². The number of benzene rings is 1. The maximum atomic E-state index is 11.9. The highest BCUT2D eigenvalue weighted by Crippen LogP contribution is 2.14. The van der Waals surface area contributed by atoms with Crippen LogP contribution in [0.15, 0.2) is 24.3 Å². The lowest BCUT2D eigenvalue weighted by Gasteiger charge is -2.35. The van der Waals surface area contributed by atoms with Crippen molar-refractivity contribution in [2.75, 3.05) is 7.05 Å². The largest absolute Gasteiger partial charge is 0.343 e. The highest BCUT2D eigenvalue weighted by molar-refractivity contribution is 14.1. The maximum Gasteiger partial charge on any atom is 0.245 e. The lowest BCUT2D eigenvalue weighted by molar-refractivity contribution is -0.147. The standard InChI is InChI=1S/C13H15IN2O2/c1-8-13(18)16(2)11(12(17)15-8)7-9-3-5-10(14)6-4-9/h3-6,8,11H,7H2,1-2H3,(H,15,17)/t8-,11+/m1/s1. The van der Waals surface area contributed by atoms with Crippen molar-refractivity contribution in [1.29, 1.82) is 0 Å². The third-order valence-electron chi connectivity index (χ3n) is 3.19. The zero-order valence-electron chi connectivity index (χ0n) is 10.3. The SMILES string of the molecule is C[C@H]1NC(=O)[C@H](Cc2ccc(I)cc2)N(C)C1=O. The monoisotopic (exact) mass is 358 g/mol. The molecule has 2 rings (SSSR count). The van der Waals surface area contributed by atoms with Gasteiger partial charge in [-0.25, -0.2) is 0 Å². The van der Waals surface area contributed by atoms with Crippen LogP contribution in [0.25, 0.3) is 0 Å². The highest BCUT2D eigenvalue weighted by atomic mass is 127. The number of piperazine rings is 1. The fraction of sp³-hybridized carbons (Fsp3) is 0.385. The first-order valence-electron chi connectivity index (χ1n) is 5.80. The second-order valence-corrected chi connectivity index (χ2v) is 5.77. The molecule has 1 aliphatic heterocycles. The van der Waals surface area contributed by atoms with Gasteiger partial charge in [0.25, 0.3) is 0 Å². The zero-order chi connectivity index (χ0) is 13.3. The van der Waals surface area contributed by atoms with Gasteiger partial charge in [0, 0.05) is 17.0 Å². The second kappa shape index (κ2) is 5.26. The maximum absolute atomic E-state index is 11.9. The van der Waals surface area contributed by atoms with E-state index < -0.39 is 12.1 Å². The molecule has 1 N–H and O–H groups in total. The molecule has 1 aromatic rings. The molecule has 96 valence electrons. The van der Waals surface area contributed by atoms with Gasteiger partial charge in [0.1, 0.15) is 12.1 Å². The molecular formula is C13H15IN2O2. The van der Waals surface area contributed by atoms with Crippen LogP contribution in [0.4, 0.5) is 0 Å². The molecular weight excluding hydrogens is 343 g/mol. The Morgan fingerprint density at radius 1 is 1.28 bits per heavy atom. The zero-order valence-corrected chi connectivity index (χ0v) is 12.5. The van der Waals surface area contributed by atoms with Crippen LogP contribution in [-0.2, 0) is 16.0 Å². The summed E-state index contributed by atoms with van der Waals surface area (Å²) in [6, 6.07) is 7.16. The molecule has 0 spiro atoms. The van der Waals surface area contributed by atoms with Gasteiger partial charge in [-0.15, -0.1) is 0 Å². The van der Waals surface area contributed by atoms with Crippen LogP contribution < -0.4 is 5.32 Å². The van der Waals surface area contributed by atoms with Crippen LogP contribution in [-0.4, -0.2) is 35.8 Å². The molecule has 2 amide bonds. The molecule has 4 nitrogen and oxygen atoms in total. The van der Waals surface area contributed by atoms with Gasteiger partial charge >= 0.3 is 0 Å². The molecule has 1 aromatic carbocycles. The van der Waals surface area contributed by atoms with Crippen LogP contribution >= 0.6 is 22.6 Å². The summed E-state index contributed by atoms with van der Waals surface area (Å²) in [7, 11) is 1.69. The van der Waals surface area contributed by atoms with Crippen LogP contribution in [0.1, 0.15) is 12.5 Å². The summed E-state index contributed by atoms with van der Waals surface area (Å²) in [5.74, 6) is -0.117. The predicted molar refractivity (Wildman–Crippen MR) is 77.0 cm³/mol. The van der Waals surface area contributed by atoms with Gasteiger partial charge in [0.2, 0.25) is 11.8 Å². The van der Waals surface area contributed by atoms with E-state index in [0.717, 1.165) is 9.13 Å². The molecule has 0 unspecified atom stereocenters. The predicted octanol–water partition coefficient (Wildman–Crippen LogP) is 1.18. The average molecular weight is 358 g/mol.